The minimum absolute atomic E-state index is 0.221. The average Bonchev–Trinajstić information content (AvgIpc) is 3.24. The fraction of sp³-hybridized carbons (Fsp3) is 0.524. The summed E-state index contributed by atoms with van der Waals surface area (Å²) in [6, 6.07) is 3.70. The van der Waals surface area contributed by atoms with Crippen LogP contribution in [-0.4, -0.2) is 33.4 Å². The molecule has 3 rings (SSSR count). The Hall–Kier alpha value is -1.98. The zero-order valence-corrected chi connectivity index (χ0v) is 14.9. The first-order valence-corrected chi connectivity index (χ1v) is 9.43. The largest absolute Gasteiger partial charge is 0.481 e. The summed E-state index contributed by atoms with van der Waals surface area (Å²) in [5, 5.41) is 19.0. The van der Waals surface area contributed by atoms with Crippen LogP contribution in [0.15, 0.2) is 48.8 Å². The molecule has 1 aromatic rings. The molecule has 2 saturated heterocycles. The molecule has 140 valence electrons. The summed E-state index contributed by atoms with van der Waals surface area (Å²) in [6.07, 6.45) is 16.3. The molecule has 2 aliphatic rings. The predicted octanol–water partition coefficient (Wildman–Crippen LogP) is 3.67. The Morgan fingerprint density at radius 2 is 2.19 bits per heavy atom. The Morgan fingerprint density at radius 1 is 1.35 bits per heavy atom. The van der Waals surface area contributed by atoms with Crippen molar-refractivity contribution in [3.8, 4) is 0 Å². The maximum Gasteiger partial charge on any atom is 0.303 e. The Balaban J connectivity index is 1.54. The number of allylic oxidation sites excluding steroid dienone is 2. The van der Waals surface area contributed by atoms with Gasteiger partial charge in [-0.1, -0.05) is 30.4 Å². The number of carboxylic acids is 1. The van der Waals surface area contributed by atoms with Gasteiger partial charge >= 0.3 is 5.97 Å². The number of aliphatic hydroxyl groups excluding tert-OH is 1. The van der Waals surface area contributed by atoms with E-state index in [1.165, 1.54) is 0 Å². The van der Waals surface area contributed by atoms with E-state index in [1.807, 2.05) is 18.2 Å². The van der Waals surface area contributed by atoms with Crippen LogP contribution in [0.25, 0.3) is 0 Å². The number of carbonyl (C=O) groups is 1. The molecule has 3 heterocycles. The number of nitrogens with zero attached hydrogens (tertiary/aromatic N) is 1. The molecule has 26 heavy (non-hydrogen) atoms. The average molecular weight is 357 g/mol. The molecule has 0 spiro atoms. The fourth-order valence-corrected chi connectivity index (χ4v) is 4.02. The maximum atomic E-state index is 10.5. The summed E-state index contributed by atoms with van der Waals surface area (Å²) in [7, 11) is 0. The van der Waals surface area contributed by atoms with Gasteiger partial charge in [-0.05, 0) is 44.1 Å². The van der Waals surface area contributed by atoms with Crippen molar-refractivity contribution in [2.75, 3.05) is 0 Å². The molecule has 0 radical (unpaired) electrons. The number of aromatic nitrogens is 1. The van der Waals surface area contributed by atoms with Gasteiger partial charge in [-0.15, -0.1) is 0 Å². The molecule has 1 unspecified atom stereocenters. The number of fused-ring (bicyclic) bond motifs is 2. The van der Waals surface area contributed by atoms with E-state index < -0.39 is 12.1 Å². The Labute approximate surface area is 154 Å². The minimum Gasteiger partial charge on any atom is -0.481 e. The van der Waals surface area contributed by atoms with E-state index in [2.05, 4.69) is 23.2 Å². The van der Waals surface area contributed by atoms with Crippen molar-refractivity contribution < 1.29 is 19.7 Å². The van der Waals surface area contributed by atoms with Gasteiger partial charge in [-0.3, -0.25) is 9.78 Å². The lowest BCUT2D eigenvalue weighted by atomic mass is 9.77. The summed E-state index contributed by atoms with van der Waals surface area (Å²) in [5.41, 5.74) is 0.794. The fourth-order valence-electron chi connectivity index (χ4n) is 4.02. The molecule has 5 nitrogen and oxygen atoms in total. The molecule has 2 bridgehead atoms. The molecule has 5 atom stereocenters. The van der Waals surface area contributed by atoms with Gasteiger partial charge < -0.3 is 14.9 Å². The molecular weight excluding hydrogens is 330 g/mol. The summed E-state index contributed by atoms with van der Waals surface area (Å²) in [5.74, 6) is 0.0165. The molecule has 0 saturated carbocycles. The minimum atomic E-state index is -0.739. The van der Waals surface area contributed by atoms with Gasteiger partial charge in [0, 0.05) is 30.3 Å². The molecule has 0 amide bonds. The second-order valence-electron chi connectivity index (χ2n) is 7.14. The molecule has 2 fully saturated rings. The van der Waals surface area contributed by atoms with Gasteiger partial charge in [0.15, 0.2) is 0 Å². The number of aliphatic carboxylic acids is 1. The third kappa shape index (κ3) is 4.80. The van der Waals surface area contributed by atoms with E-state index in [1.54, 1.807) is 12.4 Å². The van der Waals surface area contributed by atoms with Crippen LogP contribution in [0.4, 0.5) is 0 Å². The van der Waals surface area contributed by atoms with Crippen molar-refractivity contribution in [2.24, 2.45) is 11.8 Å². The smallest absolute Gasteiger partial charge is 0.303 e. The van der Waals surface area contributed by atoms with Gasteiger partial charge in [0.25, 0.3) is 0 Å². The number of pyridine rings is 1. The highest BCUT2D eigenvalue weighted by Crippen LogP contribution is 2.46. The molecule has 2 aliphatic heterocycles. The number of rotatable bonds is 9. The normalized spacial score (nSPS) is 29.0. The lowest BCUT2D eigenvalue weighted by molar-refractivity contribution is -0.137. The number of carboxylic acid groups (broad SMARTS) is 1. The number of aliphatic hydroxyl groups is 1. The van der Waals surface area contributed by atoms with E-state index in [4.69, 9.17) is 9.84 Å². The standard InChI is InChI=1S/C21H27NO4/c23-18(15-6-5-13-22-14-15)10-9-17-16(19-11-12-20(17)26-19)7-3-1-2-4-8-21(24)25/h1,3,5-6,9-10,13-14,16-20,23H,2,4,7-8,11-12H2,(H,24,25)/t16-,17-,18?,19+,20-/m0/s1. The highest BCUT2D eigenvalue weighted by Gasteiger charge is 2.46. The number of unbranched alkanes of at least 4 members (excludes halogenated alkanes) is 1. The van der Waals surface area contributed by atoms with Crippen LogP contribution in [0.5, 0.6) is 0 Å². The monoisotopic (exact) mass is 357 g/mol. The number of hydrogen-bond acceptors (Lipinski definition) is 4. The lowest BCUT2D eigenvalue weighted by Gasteiger charge is -2.25. The summed E-state index contributed by atoms with van der Waals surface area (Å²) in [4.78, 5) is 14.6. The van der Waals surface area contributed by atoms with Crippen LogP contribution < -0.4 is 0 Å². The van der Waals surface area contributed by atoms with Crippen LogP contribution in [0.2, 0.25) is 0 Å². The van der Waals surface area contributed by atoms with Crippen molar-refractivity contribution in [1.29, 1.82) is 0 Å². The lowest BCUT2D eigenvalue weighted by Crippen LogP contribution is -2.25. The third-order valence-electron chi connectivity index (χ3n) is 5.36. The van der Waals surface area contributed by atoms with E-state index in [-0.39, 0.29) is 12.5 Å². The maximum absolute atomic E-state index is 10.5. The van der Waals surface area contributed by atoms with Crippen molar-refractivity contribution >= 4 is 5.97 Å². The van der Waals surface area contributed by atoms with Crippen LogP contribution in [-0.2, 0) is 9.53 Å². The van der Waals surface area contributed by atoms with Crippen molar-refractivity contribution in [3.63, 3.8) is 0 Å². The zero-order valence-electron chi connectivity index (χ0n) is 14.9. The van der Waals surface area contributed by atoms with Crippen LogP contribution in [0.3, 0.4) is 0 Å². The van der Waals surface area contributed by atoms with E-state index >= 15 is 0 Å². The Morgan fingerprint density at radius 3 is 2.96 bits per heavy atom. The third-order valence-corrected chi connectivity index (χ3v) is 5.36. The van der Waals surface area contributed by atoms with Crippen molar-refractivity contribution in [1.82, 2.24) is 4.98 Å². The van der Waals surface area contributed by atoms with Crippen LogP contribution in [0.1, 0.15) is 50.2 Å². The quantitative estimate of drug-likeness (QED) is 0.521. The summed E-state index contributed by atoms with van der Waals surface area (Å²) >= 11 is 0. The van der Waals surface area contributed by atoms with E-state index in [9.17, 15) is 9.90 Å². The SMILES string of the molecule is O=C(O)CCCC=CC[C@H]1[C@H](C=CC(O)c2cccnc2)[C@@H]2CC[C@H]1O2. The topological polar surface area (TPSA) is 79.7 Å². The zero-order chi connectivity index (χ0) is 18.4. The molecule has 0 aliphatic carbocycles. The second-order valence-corrected chi connectivity index (χ2v) is 7.14. The van der Waals surface area contributed by atoms with Gasteiger partial charge in [0.1, 0.15) is 0 Å². The van der Waals surface area contributed by atoms with E-state index in [0.29, 0.717) is 24.4 Å². The molecule has 5 heteroatoms. The van der Waals surface area contributed by atoms with Gasteiger partial charge in [-0.25, -0.2) is 0 Å². The first kappa shape index (κ1) is 18.8. The Kier molecular flexibility index (Phi) is 6.58. The van der Waals surface area contributed by atoms with Crippen LogP contribution >= 0.6 is 0 Å². The predicted molar refractivity (Wildman–Crippen MR) is 98.5 cm³/mol. The van der Waals surface area contributed by atoms with Crippen molar-refractivity contribution in [2.45, 2.75) is 56.8 Å². The number of hydrogen-bond donors (Lipinski definition) is 2. The van der Waals surface area contributed by atoms with E-state index in [0.717, 1.165) is 31.2 Å². The summed E-state index contributed by atoms with van der Waals surface area (Å²) < 4.78 is 6.09. The van der Waals surface area contributed by atoms with Crippen LogP contribution in [0, 0.1) is 11.8 Å². The second kappa shape index (κ2) is 9.10. The molecule has 0 aromatic carbocycles. The van der Waals surface area contributed by atoms with Gasteiger partial charge in [0.05, 0.1) is 18.3 Å². The highest BCUT2D eigenvalue weighted by atomic mass is 16.5. The molecule has 1 aromatic heterocycles. The first-order chi connectivity index (χ1) is 12.6. The molecular formula is C21H27NO4. The van der Waals surface area contributed by atoms with Crippen molar-refractivity contribution in [3.05, 3.63) is 54.4 Å². The Bertz CT molecular complexity index is 643. The highest BCUT2D eigenvalue weighted by molar-refractivity contribution is 5.66. The van der Waals surface area contributed by atoms with Gasteiger partial charge in [-0.2, -0.15) is 0 Å². The van der Waals surface area contributed by atoms with Gasteiger partial charge in [0.2, 0.25) is 0 Å². The summed E-state index contributed by atoms with van der Waals surface area (Å²) in [6.45, 7) is 0. The number of ether oxygens (including phenoxy) is 1. The molecule has 2 N–H and O–H groups in total. The first-order valence-electron chi connectivity index (χ1n) is 9.43.